The maximum absolute atomic E-state index is 11.9. The van der Waals surface area contributed by atoms with E-state index < -0.39 is 23.1 Å². The first-order chi connectivity index (χ1) is 5.25. The minimum absolute atomic E-state index is 0.842. The summed E-state index contributed by atoms with van der Waals surface area (Å²) in [4.78, 5) is 8.35. The molecule has 0 rings (SSSR count). The molecule has 72 valence electrons. The third kappa shape index (κ3) is 4.01. The van der Waals surface area contributed by atoms with E-state index in [-0.39, 0.29) is 0 Å². The van der Waals surface area contributed by atoms with Crippen molar-refractivity contribution in [1.82, 2.24) is 0 Å². The lowest BCUT2D eigenvalue weighted by molar-refractivity contribution is -0.216. The van der Waals surface area contributed by atoms with Gasteiger partial charge in [0.25, 0.3) is 0 Å². The summed E-state index contributed by atoms with van der Waals surface area (Å²) in [5, 5.41) is 0. The number of carbonyl (C=O) groups excluding carboxylic acids is 1. The first-order valence-corrected chi connectivity index (χ1v) is 3.64. The fourth-order valence-electron chi connectivity index (χ4n) is 0.440. The number of hydrogen-bond acceptors (Lipinski definition) is 2. The Hall–Kier alpha value is -0.160. The van der Waals surface area contributed by atoms with E-state index in [0.717, 1.165) is 6.92 Å². The molecule has 0 aromatic carbocycles. The molecule has 0 bridgehead atoms. The van der Waals surface area contributed by atoms with Crippen molar-refractivity contribution in [3.63, 3.8) is 0 Å². The number of esters is 1. The van der Waals surface area contributed by atoms with E-state index in [1.165, 1.54) is 0 Å². The van der Waals surface area contributed by atoms with E-state index in [9.17, 15) is 18.0 Å². The zero-order valence-electron chi connectivity index (χ0n) is 5.86. The molecular weight excluding hydrogens is 220 g/mol. The number of halogens is 5. The first kappa shape index (κ1) is 11.8. The molecular formula is C5H5Cl2F3O2. The molecule has 0 aliphatic rings. The van der Waals surface area contributed by atoms with Crippen LogP contribution in [0.1, 0.15) is 6.92 Å². The van der Waals surface area contributed by atoms with Gasteiger partial charge in [-0.15, -0.1) is 23.2 Å². The molecule has 0 saturated heterocycles. The molecule has 0 fully saturated rings. The topological polar surface area (TPSA) is 26.3 Å². The van der Waals surface area contributed by atoms with Crippen LogP contribution in [0.25, 0.3) is 0 Å². The molecule has 0 radical (unpaired) electrons. The summed E-state index contributed by atoms with van der Waals surface area (Å²) < 4.78 is 39.5. The van der Waals surface area contributed by atoms with Gasteiger partial charge in [0.1, 0.15) is 0 Å². The highest BCUT2D eigenvalue weighted by molar-refractivity contribution is 6.44. The molecule has 0 aromatic rings. The van der Waals surface area contributed by atoms with E-state index in [0.29, 0.717) is 0 Å². The maximum Gasteiger partial charge on any atom is 0.428 e. The van der Waals surface area contributed by atoms with E-state index in [1.807, 2.05) is 0 Å². The summed E-state index contributed by atoms with van der Waals surface area (Å²) in [6.45, 7) is 0.842. The van der Waals surface area contributed by atoms with Gasteiger partial charge in [0.05, 0.1) is 0 Å². The molecule has 0 aromatic heterocycles. The quantitative estimate of drug-likeness (QED) is 0.532. The molecule has 7 heteroatoms. The molecule has 0 heterocycles. The first-order valence-electron chi connectivity index (χ1n) is 2.77. The molecule has 0 aliphatic heterocycles. The van der Waals surface area contributed by atoms with Gasteiger partial charge in [0, 0.05) is 6.92 Å². The van der Waals surface area contributed by atoms with Crippen molar-refractivity contribution in [3.05, 3.63) is 0 Å². The number of hydrogen-bond donors (Lipinski definition) is 0. The van der Waals surface area contributed by atoms with Crippen LogP contribution in [0.5, 0.6) is 0 Å². The lowest BCUT2D eigenvalue weighted by Gasteiger charge is -2.20. The Morgan fingerprint density at radius 1 is 1.42 bits per heavy atom. The molecule has 2 nitrogen and oxygen atoms in total. The average molecular weight is 225 g/mol. The van der Waals surface area contributed by atoms with Crippen LogP contribution in [0.4, 0.5) is 13.2 Å². The number of rotatable bonds is 2. The number of ether oxygens (including phenoxy) is 1. The van der Waals surface area contributed by atoms with E-state index in [2.05, 4.69) is 4.74 Å². The van der Waals surface area contributed by atoms with Crippen molar-refractivity contribution in [3.8, 4) is 0 Å². The second kappa shape index (κ2) is 4.18. The molecule has 0 N–H and O–H groups in total. The van der Waals surface area contributed by atoms with Crippen LogP contribution in [0, 0.1) is 0 Å². The van der Waals surface area contributed by atoms with Crippen LogP contribution in [0.3, 0.4) is 0 Å². The fourth-order valence-corrected chi connectivity index (χ4v) is 0.828. The van der Waals surface area contributed by atoms with Gasteiger partial charge in [-0.3, -0.25) is 4.79 Å². The van der Waals surface area contributed by atoms with Gasteiger partial charge in [0.2, 0.25) is 6.10 Å². The van der Waals surface area contributed by atoms with Gasteiger partial charge < -0.3 is 4.74 Å². The van der Waals surface area contributed by atoms with E-state index >= 15 is 0 Å². The Bertz CT molecular complexity index is 169. The van der Waals surface area contributed by atoms with Crippen molar-refractivity contribution in [1.29, 1.82) is 0 Å². The lowest BCUT2D eigenvalue weighted by atomic mass is 10.4. The summed E-state index contributed by atoms with van der Waals surface area (Å²) in [5.74, 6) is -1.08. The summed E-state index contributed by atoms with van der Waals surface area (Å²) in [6, 6.07) is 0. The summed E-state index contributed by atoms with van der Waals surface area (Å²) in [5.41, 5.74) is 0. The maximum atomic E-state index is 11.9. The average Bonchev–Trinajstić information content (AvgIpc) is 1.79. The summed E-state index contributed by atoms with van der Waals surface area (Å²) in [7, 11) is 0. The normalized spacial score (nSPS) is 14.6. The van der Waals surface area contributed by atoms with Crippen molar-refractivity contribution >= 4 is 29.2 Å². The predicted molar refractivity (Wildman–Crippen MR) is 37.1 cm³/mol. The highest BCUT2D eigenvalue weighted by atomic mass is 35.5. The van der Waals surface area contributed by atoms with E-state index in [1.54, 1.807) is 0 Å². The monoisotopic (exact) mass is 224 g/mol. The molecule has 12 heavy (non-hydrogen) atoms. The highest BCUT2D eigenvalue weighted by Crippen LogP contribution is 2.29. The zero-order chi connectivity index (χ0) is 9.94. The van der Waals surface area contributed by atoms with Crippen LogP contribution in [0.2, 0.25) is 0 Å². The van der Waals surface area contributed by atoms with Gasteiger partial charge in [-0.05, 0) is 0 Å². The van der Waals surface area contributed by atoms with Crippen molar-refractivity contribution in [2.75, 3.05) is 0 Å². The third-order valence-corrected chi connectivity index (χ3v) is 1.30. The van der Waals surface area contributed by atoms with Crippen molar-refractivity contribution in [2.24, 2.45) is 0 Å². The molecule has 0 amide bonds. The molecule has 0 spiro atoms. The van der Waals surface area contributed by atoms with Crippen LogP contribution < -0.4 is 0 Å². The number of alkyl halides is 5. The largest absolute Gasteiger partial charge is 0.450 e. The highest BCUT2D eigenvalue weighted by Gasteiger charge is 2.46. The van der Waals surface area contributed by atoms with Gasteiger partial charge in [-0.2, -0.15) is 13.2 Å². The Kier molecular flexibility index (Phi) is 4.13. The van der Waals surface area contributed by atoms with Gasteiger partial charge in [0.15, 0.2) is 4.84 Å². The summed E-state index contributed by atoms with van der Waals surface area (Å²) >= 11 is 9.88. The van der Waals surface area contributed by atoms with Gasteiger partial charge in [-0.1, -0.05) is 0 Å². The second-order valence-electron chi connectivity index (χ2n) is 1.91. The predicted octanol–water partition coefficient (Wildman–Crippen LogP) is 2.28. The smallest absolute Gasteiger partial charge is 0.428 e. The Balaban J connectivity index is 4.35. The third-order valence-electron chi connectivity index (χ3n) is 0.844. The molecule has 1 atom stereocenters. The van der Waals surface area contributed by atoms with E-state index in [4.69, 9.17) is 23.2 Å². The van der Waals surface area contributed by atoms with Crippen LogP contribution in [-0.2, 0) is 9.53 Å². The standard InChI is InChI=1S/C5H5Cl2F3O2/c1-2(11)12-3(4(6)7)5(8,9)10/h3-4H,1H3. The minimum Gasteiger partial charge on any atom is -0.450 e. The molecule has 0 aliphatic carbocycles. The Morgan fingerprint density at radius 3 is 1.92 bits per heavy atom. The van der Waals surface area contributed by atoms with Crippen LogP contribution in [0.15, 0.2) is 0 Å². The second-order valence-corrected chi connectivity index (χ2v) is 3.07. The lowest BCUT2D eigenvalue weighted by Crippen LogP contribution is -2.38. The van der Waals surface area contributed by atoms with Crippen LogP contribution >= 0.6 is 23.2 Å². The van der Waals surface area contributed by atoms with Crippen molar-refractivity contribution in [2.45, 2.75) is 24.0 Å². The number of carbonyl (C=O) groups is 1. The summed E-state index contributed by atoms with van der Waals surface area (Å²) in [6.07, 6.45) is -7.20. The van der Waals surface area contributed by atoms with Crippen LogP contribution in [-0.4, -0.2) is 23.1 Å². The SMILES string of the molecule is CC(=O)OC(C(Cl)Cl)C(F)(F)F. The van der Waals surface area contributed by atoms with Crippen molar-refractivity contribution < 1.29 is 22.7 Å². The van der Waals surface area contributed by atoms with Gasteiger partial charge in [-0.25, -0.2) is 0 Å². The molecule has 1 unspecified atom stereocenters. The zero-order valence-corrected chi connectivity index (χ0v) is 7.37. The Morgan fingerprint density at radius 2 is 1.83 bits per heavy atom. The van der Waals surface area contributed by atoms with Gasteiger partial charge >= 0.3 is 12.1 Å². The molecule has 0 saturated carbocycles. The fraction of sp³-hybridized carbons (Fsp3) is 0.800. The Labute approximate surface area is 76.6 Å². The minimum atomic E-state index is -4.74.